The van der Waals surface area contributed by atoms with E-state index in [9.17, 15) is 34.0 Å². The molecule has 4 aliphatic rings. The van der Waals surface area contributed by atoms with Crippen LogP contribution >= 0.6 is 0 Å². The number of aliphatic hydroxyl groups excluding tert-OH is 6. The van der Waals surface area contributed by atoms with Gasteiger partial charge in [-0.25, -0.2) is 13.1 Å². The molecule has 0 unspecified atom stereocenters. The summed E-state index contributed by atoms with van der Waals surface area (Å²) in [5, 5.41) is 65.7. The van der Waals surface area contributed by atoms with Gasteiger partial charge in [0.15, 0.2) is 18.9 Å². The SMILES string of the molecule is NCCS(=O)(=O)N[C@@H]1C[C@H](N)[C@@H](O[C@H]2O[C@H](CNCCO)CC[C@H]2N)[C@H](O[C@@H]2O[C@H](CO)[C@@H](O[C@H]3O[C@@H](CN)[C@@H](O)[C@H](O)[C@H]3N)[C@H]2O)[C@H]1O. The zero-order valence-corrected chi connectivity index (χ0v) is 27.9. The maximum absolute atomic E-state index is 12.6. The molecule has 0 radical (unpaired) electrons. The summed E-state index contributed by atoms with van der Waals surface area (Å²) in [4.78, 5) is 0. The number of hydrogen-bond acceptors (Lipinski definition) is 20. The third-order valence-electron chi connectivity index (χ3n) is 9.22. The van der Waals surface area contributed by atoms with E-state index in [1.807, 2.05) is 0 Å². The van der Waals surface area contributed by atoms with Gasteiger partial charge in [-0.3, -0.25) is 0 Å². The summed E-state index contributed by atoms with van der Waals surface area (Å²) in [6, 6.07) is -4.00. The van der Waals surface area contributed by atoms with Crippen LogP contribution < -0.4 is 38.7 Å². The molecule has 0 aromatic rings. The lowest BCUT2D eigenvalue weighted by atomic mass is 9.84. The van der Waals surface area contributed by atoms with Gasteiger partial charge in [0.1, 0.15) is 48.8 Å². The minimum Gasteiger partial charge on any atom is -0.395 e. The summed E-state index contributed by atoms with van der Waals surface area (Å²) in [6.45, 7) is -0.348. The Bertz CT molecular complexity index is 1120. The van der Waals surface area contributed by atoms with Crippen LogP contribution in [0.5, 0.6) is 0 Å². The first-order chi connectivity index (χ1) is 23.2. The number of rotatable bonds is 16. The quantitative estimate of drug-likeness (QED) is 0.0655. The highest BCUT2D eigenvalue weighted by Gasteiger charge is 2.54. The zero-order chi connectivity index (χ0) is 36.0. The maximum Gasteiger partial charge on any atom is 0.213 e. The summed E-state index contributed by atoms with van der Waals surface area (Å²) in [5.74, 6) is -0.419. The summed E-state index contributed by atoms with van der Waals surface area (Å²) >= 11 is 0. The van der Waals surface area contributed by atoms with Gasteiger partial charge in [-0.15, -0.1) is 0 Å². The van der Waals surface area contributed by atoms with Crippen LogP contribution in [-0.2, 0) is 38.4 Å². The van der Waals surface area contributed by atoms with Crippen molar-refractivity contribution < 1.29 is 67.5 Å². The fraction of sp³-hybridized carbons (Fsp3) is 1.00. The van der Waals surface area contributed by atoms with Crippen LogP contribution in [0.25, 0.3) is 0 Å². The van der Waals surface area contributed by atoms with Crippen molar-refractivity contribution in [1.29, 1.82) is 0 Å². The number of nitrogens with one attached hydrogen (secondary N) is 2. The fourth-order valence-electron chi connectivity index (χ4n) is 6.50. The van der Waals surface area contributed by atoms with E-state index in [0.717, 1.165) is 0 Å². The van der Waals surface area contributed by atoms with Gasteiger partial charge in [0.05, 0.1) is 49.3 Å². The molecule has 49 heavy (non-hydrogen) atoms. The molecule has 1 saturated carbocycles. The highest BCUT2D eigenvalue weighted by molar-refractivity contribution is 7.89. The van der Waals surface area contributed by atoms with Crippen molar-refractivity contribution >= 4 is 10.0 Å². The molecule has 0 amide bonds. The topological polar surface area (TPSA) is 365 Å². The number of hydrogen-bond donors (Lipinski definition) is 13. The van der Waals surface area contributed by atoms with E-state index in [1.165, 1.54) is 0 Å². The summed E-state index contributed by atoms with van der Waals surface area (Å²) in [6.07, 6.45) is -15.7. The Hall–Kier alpha value is -0.810. The molecule has 18 N–H and O–H groups in total. The van der Waals surface area contributed by atoms with E-state index < -0.39 is 120 Å². The Morgan fingerprint density at radius 1 is 0.755 bits per heavy atom. The minimum atomic E-state index is -3.94. The van der Waals surface area contributed by atoms with Crippen LogP contribution in [0, 0.1) is 0 Å². The number of sulfonamides is 1. The minimum absolute atomic E-state index is 0.0614. The van der Waals surface area contributed by atoms with E-state index in [4.69, 9.17) is 62.2 Å². The van der Waals surface area contributed by atoms with Crippen molar-refractivity contribution in [2.24, 2.45) is 28.7 Å². The van der Waals surface area contributed by atoms with Gasteiger partial charge in [-0.05, 0) is 19.3 Å². The van der Waals surface area contributed by atoms with Gasteiger partial charge in [-0.2, -0.15) is 0 Å². The van der Waals surface area contributed by atoms with Crippen molar-refractivity contribution in [2.45, 2.75) is 123 Å². The smallest absolute Gasteiger partial charge is 0.213 e. The maximum atomic E-state index is 12.6. The van der Waals surface area contributed by atoms with Crippen molar-refractivity contribution in [3.63, 3.8) is 0 Å². The van der Waals surface area contributed by atoms with E-state index in [0.29, 0.717) is 25.9 Å². The molecule has 3 aliphatic heterocycles. The Kier molecular flexibility index (Phi) is 15.3. The van der Waals surface area contributed by atoms with Crippen molar-refractivity contribution in [3.05, 3.63) is 0 Å². The predicted molar refractivity (Wildman–Crippen MR) is 168 cm³/mol. The molecule has 3 heterocycles. The number of aliphatic hydroxyl groups is 6. The molecule has 4 rings (SSSR count). The predicted octanol–water partition coefficient (Wildman–Crippen LogP) is -8.29. The normalized spacial score (nSPS) is 45.1. The van der Waals surface area contributed by atoms with Gasteiger partial charge in [-0.1, -0.05) is 0 Å². The molecule has 21 nitrogen and oxygen atoms in total. The average molecular weight is 734 g/mol. The molecular formula is C27H55N7O14S. The van der Waals surface area contributed by atoms with Gasteiger partial charge in [0.2, 0.25) is 10.0 Å². The molecule has 0 aromatic carbocycles. The van der Waals surface area contributed by atoms with Crippen LogP contribution in [0.4, 0.5) is 0 Å². The lowest BCUT2D eigenvalue weighted by Crippen LogP contribution is -2.67. The Balaban J connectivity index is 1.54. The molecule has 22 heteroatoms. The van der Waals surface area contributed by atoms with Gasteiger partial charge < -0.3 is 93.0 Å². The zero-order valence-electron chi connectivity index (χ0n) is 27.1. The molecule has 4 fully saturated rings. The first-order valence-corrected chi connectivity index (χ1v) is 18.1. The lowest BCUT2D eigenvalue weighted by Gasteiger charge is -2.46. The average Bonchev–Trinajstić information content (AvgIpc) is 3.35. The highest BCUT2D eigenvalue weighted by atomic mass is 32.2. The van der Waals surface area contributed by atoms with Crippen LogP contribution in [0.1, 0.15) is 19.3 Å². The van der Waals surface area contributed by atoms with Crippen LogP contribution in [0.2, 0.25) is 0 Å². The van der Waals surface area contributed by atoms with E-state index >= 15 is 0 Å². The molecule has 17 atom stereocenters. The third-order valence-corrected chi connectivity index (χ3v) is 10.7. The molecule has 288 valence electrons. The van der Waals surface area contributed by atoms with Crippen LogP contribution in [-0.4, -0.2) is 188 Å². The Morgan fingerprint density at radius 2 is 1.43 bits per heavy atom. The third kappa shape index (κ3) is 10.00. The van der Waals surface area contributed by atoms with E-state index in [2.05, 4.69) is 10.0 Å². The van der Waals surface area contributed by atoms with E-state index in [-0.39, 0.29) is 32.2 Å². The van der Waals surface area contributed by atoms with Gasteiger partial charge in [0, 0.05) is 32.2 Å². The lowest BCUT2D eigenvalue weighted by molar-refractivity contribution is -0.289. The second-order valence-electron chi connectivity index (χ2n) is 12.9. The van der Waals surface area contributed by atoms with E-state index in [1.54, 1.807) is 0 Å². The molecule has 0 aromatic heterocycles. The first kappa shape index (κ1) is 41.0. The number of ether oxygens (including phenoxy) is 6. The molecule has 0 bridgehead atoms. The highest BCUT2D eigenvalue weighted by Crippen LogP contribution is 2.34. The van der Waals surface area contributed by atoms with Crippen molar-refractivity contribution in [3.8, 4) is 0 Å². The Morgan fingerprint density at radius 3 is 2.08 bits per heavy atom. The molecule has 1 aliphatic carbocycles. The largest absolute Gasteiger partial charge is 0.395 e. The van der Waals surface area contributed by atoms with Crippen molar-refractivity contribution in [1.82, 2.24) is 10.0 Å². The molecular weight excluding hydrogens is 678 g/mol. The number of nitrogens with two attached hydrogens (primary N) is 5. The van der Waals surface area contributed by atoms with Crippen LogP contribution in [0.3, 0.4) is 0 Å². The fourth-order valence-corrected chi connectivity index (χ4v) is 7.62. The summed E-state index contributed by atoms with van der Waals surface area (Å²) in [5.41, 5.74) is 30.0. The summed E-state index contributed by atoms with van der Waals surface area (Å²) < 4.78 is 63.4. The second kappa shape index (κ2) is 18.3. The van der Waals surface area contributed by atoms with Crippen molar-refractivity contribution in [2.75, 3.05) is 45.1 Å². The Labute approximate surface area is 284 Å². The molecule has 3 saturated heterocycles. The first-order valence-electron chi connectivity index (χ1n) is 16.5. The summed E-state index contributed by atoms with van der Waals surface area (Å²) in [7, 11) is -3.94. The van der Waals surface area contributed by atoms with Crippen LogP contribution in [0.15, 0.2) is 0 Å². The molecule has 0 spiro atoms. The standard InChI is InChI=1S/C27H55N7O14S/c28-3-6-49(41,42)34-14-7-13(31)22(46-25-12(30)2-1-11(43-25)9-33-4-5-35)24(18(14)37)48-27-21(40)23(16(10-36)45-27)47-26-17(32)20(39)19(38)15(8-29)44-26/h11-27,33-40H,1-10,28-32H2/t11-,12+,13-,14+,15-,16+,17+,18-,19+,20+,21+,22+,23+,24+,25+,26+,27-/m0/s1. The second-order valence-corrected chi connectivity index (χ2v) is 14.7. The van der Waals surface area contributed by atoms with Gasteiger partial charge >= 0.3 is 0 Å². The monoisotopic (exact) mass is 733 g/mol. The van der Waals surface area contributed by atoms with Gasteiger partial charge in [0.25, 0.3) is 0 Å².